The van der Waals surface area contributed by atoms with Crippen LogP contribution in [-0.4, -0.2) is 32.2 Å². The van der Waals surface area contributed by atoms with E-state index in [1.165, 1.54) is 11.3 Å². The summed E-state index contributed by atoms with van der Waals surface area (Å²) in [5.74, 6) is -0.0773. The first-order valence-electron chi connectivity index (χ1n) is 8.33. The predicted octanol–water partition coefficient (Wildman–Crippen LogP) is 3.78. The zero-order valence-electron chi connectivity index (χ0n) is 14.5. The maximum atomic E-state index is 12.4. The zero-order chi connectivity index (χ0) is 17.1. The van der Waals surface area contributed by atoms with Gasteiger partial charge in [-0.2, -0.15) is 0 Å². The van der Waals surface area contributed by atoms with Gasteiger partial charge in [0.05, 0.1) is 6.10 Å². The molecule has 1 heterocycles. The molecular formula is C20H24N2O2. The van der Waals surface area contributed by atoms with Crippen LogP contribution in [0.1, 0.15) is 27.9 Å². The molecule has 24 heavy (non-hydrogen) atoms. The van der Waals surface area contributed by atoms with E-state index in [0.29, 0.717) is 11.7 Å². The van der Waals surface area contributed by atoms with Gasteiger partial charge in [0.25, 0.3) is 5.91 Å². The Morgan fingerprint density at radius 2 is 1.88 bits per heavy atom. The number of nitrogens with one attached hydrogen (secondary N) is 1. The lowest BCUT2D eigenvalue weighted by atomic mass is 10.1. The van der Waals surface area contributed by atoms with Crippen LogP contribution in [0.4, 0.5) is 11.4 Å². The monoisotopic (exact) mass is 324 g/mol. The molecule has 0 radical (unpaired) electrons. The number of hydrogen-bond donors (Lipinski definition) is 1. The molecule has 1 aliphatic rings. The number of methoxy groups -OCH3 is 1. The number of ether oxygens (including phenoxy) is 1. The van der Waals surface area contributed by atoms with Crippen LogP contribution >= 0.6 is 0 Å². The van der Waals surface area contributed by atoms with E-state index in [1.54, 1.807) is 7.11 Å². The van der Waals surface area contributed by atoms with Gasteiger partial charge in [-0.1, -0.05) is 6.07 Å². The second kappa shape index (κ2) is 7.05. The predicted molar refractivity (Wildman–Crippen MR) is 97.9 cm³/mol. The van der Waals surface area contributed by atoms with Gasteiger partial charge in [0.1, 0.15) is 0 Å². The first kappa shape index (κ1) is 16.5. The molecule has 1 N–H and O–H groups in total. The quantitative estimate of drug-likeness (QED) is 0.930. The Morgan fingerprint density at radius 3 is 2.50 bits per heavy atom. The normalized spacial score (nSPS) is 17.1. The molecule has 1 fully saturated rings. The van der Waals surface area contributed by atoms with E-state index in [9.17, 15) is 4.79 Å². The molecule has 1 unspecified atom stereocenters. The molecule has 1 amide bonds. The van der Waals surface area contributed by atoms with Crippen LogP contribution in [0.3, 0.4) is 0 Å². The Bertz CT molecular complexity index is 725. The standard InChI is InChI=1S/C20H24N2O2/c1-14-4-5-16(12-15(14)2)20(23)21-17-6-8-18(9-7-17)22-11-10-19(13-22)24-3/h4-9,12,19H,10-11,13H2,1-3H3,(H,21,23). The van der Waals surface area contributed by atoms with Crippen molar-refractivity contribution in [3.05, 3.63) is 59.2 Å². The van der Waals surface area contributed by atoms with Gasteiger partial charge in [0.15, 0.2) is 0 Å². The lowest BCUT2D eigenvalue weighted by Gasteiger charge is -2.18. The highest BCUT2D eigenvalue weighted by atomic mass is 16.5. The summed E-state index contributed by atoms with van der Waals surface area (Å²) < 4.78 is 5.41. The van der Waals surface area contributed by atoms with Crippen LogP contribution in [0.15, 0.2) is 42.5 Å². The van der Waals surface area contributed by atoms with E-state index in [4.69, 9.17) is 4.74 Å². The Kier molecular flexibility index (Phi) is 4.86. The van der Waals surface area contributed by atoms with E-state index >= 15 is 0 Å². The number of nitrogens with zero attached hydrogens (tertiary/aromatic N) is 1. The van der Waals surface area contributed by atoms with Crippen LogP contribution in [0.2, 0.25) is 0 Å². The van der Waals surface area contributed by atoms with Crippen molar-refractivity contribution in [2.24, 2.45) is 0 Å². The van der Waals surface area contributed by atoms with Gasteiger partial charge in [-0.05, 0) is 67.8 Å². The molecular weight excluding hydrogens is 300 g/mol. The van der Waals surface area contributed by atoms with Crippen molar-refractivity contribution in [3.8, 4) is 0 Å². The number of hydrogen-bond acceptors (Lipinski definition) is 3. The Labute approximate surface area is 143 Å². The minimum absolute atomic E-state index is 0.0773. The van der Waals surface area contributed by atoms with Gasteiger partial charge in [-0.3, -0.25) is 4.79 Å². The number of benzene rings is 2. The molecule has 126 valence electrons. The third-order valence-electron chi connectivity index (χ3n) is 4.74. The maximum absolute atomic E-state index is 12.4. The molecule has 0 bridgehead atoms. The van der Waals surface area contributed by atoms with Gasteiger partial charge in [0.2, 0.25) is 0 Å². The lowest BCUT2D eigenvalue weighted by Crippen LogP contribution is -2.22. The molecule has 4 heteroatoms. The van der Waals surface area contributed by atoms with Crippen molar-refractivity contribution in [3.63, 3.8) is 0 Å². The van der Waals surface area contributed by atoms with E-state index in [-0.39, 0.29) is 5.91 Å². The van der Waals surface area contributed by atoms with Crippen molar-refractivity contribution >= 4 is 17.3 Å². The molecule has 0 saturated carbocycles. The summed E-state index contributed by atoms with van der Waals surface area (Å²) in [5.41, 5.74) is 4.98. The van der Waals surface area contributed by atoms with Crippen molar-refractivity contribution < 1.29 is 9.53 Å². The summed E-state index contributed by atoms with van der Waals surface area (Å²) in [4.78, 5) is 14.7. The van der Waals surface area contributed by atoms with Gasteiger partial charge in [-0.25, -0.2) is 0 Å². The van der Waals surface area contributed by atoms with E-state index in [1.807, 2.05) is 56.3 Å². The average molecular weight is 324 g/mol. The fourth-order valence-electron chi connectivity index (χ4n) is 3.00. The van der Waals surface area contributed by atoms with E-state index in [2.05, 4.69) is 10.2 Å². The molecule has 2 aromatic rings. The van der Waals surface area contributed by atoms with Crippen molar-refractivity contribution in [1.82, 2.24) is 0 Å². The molecule has 0 aromatic heterocycles. The highest BCUT2D eigenvalue weighted by Crippen LogP contribution is 2.23. The summed E-state index contributed by atoms with van der Waals surface area (Å²) in [5, 5.41) is 2.96. The highest BCUT2D eigenvalue weighted by Gasteiger charge is 2.22. The SMILES string of the molecule is COC1CCN(c2ccc(NC(=O)c3ccc(C)c(C)c3)cc2)C1. The fourth-order valence-corrected chi connectivity index (χ4v) is 3.00. The van der Waals surface area contributed by atoms with E-state index < -0.39 is 0 Å². The van der Waals surface area contributed by atoms with Gasteiger partial charge < -0.3 is 15.0 Å². The number of carbonyl (C=O) groups is 1. The van der Waals surface area contributed by atoms with Crippen LogP contribution in [-0.2, 0) is 4.74 Å². The fraction of sp³-hybridized carbons (Fsp3) is 0.350. The van der Waals surface area contributed by atoms with Crippen molar-refractivity contribution in [2.45, 2.75) is 26.4 Å². The minimum Gasteiger partial charge on any atom is -0.380 e. The lowest BCUT2D eigenvalue weighted by molar-refractivity contribution is 0.102. The molecule has 1 aliphatic heterocycles. The van der Waals surface area contributed by atoms with Crippen LogP contribution in [0, 0.1) is 13.8 Å². The van der Waals surface area contributed by atoms with Crippen LogP contribution in [0.5, 0.6) is 0 Å². The number of aryl methyl sites for hydroxylation is 2. The topological polar surface area (TPSA) is 41.6 Å². The summed E-state index contributed by atoms with van der Waals surface area (Å²) >= 11 is 0. The van der Waals surface area contributed by atoms with Gasteiger partial charge in [-0.15, -0.1) is 0 Å². The first-order chi connectivity index (χ1) is 11.6. The zero-order valence-corrected chi connectivity index (χ0v) is 14.5. The molecule has 3 rings (SSSR count). The largest absolute Gasteiger partial charge is 0.380 e. The smallest absolute Gasteiger partial charge is 0.255 e. The Hall–Kier alpha value is -2.33. The summed E-state index contributed by atoms with van der Waals surface area (Å²) in [6.07, 6.45) is 1.37. The molecule has 0 spiro atoms. The Balaban J connectivity index is 1.65. The Morgan fingerprint density at radius 1 is 1.12 bits per heavy atom. The third-order valence-corrected chi connectivity index (χ3v) is 4.74. The third kappa shape index (κ3) is 3.60. The van der Waals surface area contributed by atoms with Crippen LogP contribution < -0.4 is 10.2 Å². The maximum Gasteiger partial charge on any atom is 0.255 e. The number of rotatable bonds is 4. The number of amides is 1. The highest BCUT2D eigenvalue weighted by molar-refractivity contribution is 6.04. The number of anilines is 2. The molecule has 1 atom stereocenters. The summed E-state index contributed by atoms with van der Waals surface area (Å²) in [6.45, 7) is 5.99. The average Bonchev–Trinajstić information content (AvgIpc) is 3.07. The summed E-state index contributed by atoms with van der Waals surface area (Å²) in [7, 11) is 1.76. The second-order valence-corrected chi connectivity index (χ2v) is 6.39. The number of carbonyl (C=O) groups excluding carboxylic acids is 1. The first-order valence-corrected chi connectivity index (χ1v) is 8.33. The van der Waals surface area contributed by atoms with Crippen molar-refractivity contribution in [2.75, 3.05) is 30.4 Å². The van der Waals surface area contributed by atoms with Crippen LogP contribution in [0.25, 0.3) is 0 Å². The molecule has 0 aliphatic carbocycles. The minimum atomic E-state index is -0.0773. The van der Waals surface area contributed by atoms with Gasteiger partial charge >= 0.3 is 0 Å². The van der Waals surface area contributed by atoms with E-state index in [0.717, 1.165) is 30.8 Å². The molecule has 1 saturated heterocycles. The van der Waals surface area contributed by atoms with Gasteiger partial charge in [0, 0.05) is 37.1 Å². The van der Waals surface area contributed by atoms with Crippen molar-refractivity contribution in [1.29, 1.82) is 0 Å². The summed E-state index contributed by atoms with van der Waals surface area (Å²) in [6, 6.07) is 13.8. The second-order valence-electron chi connectivity index (χ2n) is 6.39. The molecule has 2 aromatic carbocycles. The molecule has 4 nitrogen and oxygen atoms in total.